The van der Waals surface area contributed by atoms with Crippen LogP contribution >= 0.6 is 0 Å². The minimum absolute atomic E-state index is 0.103. The van der Waals surface area contributed by atoms with E-state index in [4.69, 9.17) is 14.2 Å². The van der Waals surface area contributed by atoms with E-state index >= 15 is 0 Å². The molecule has 0 bridgehead atoms. The first-order valence-corrected chi connectivity index (χ1v) is 34.0. The molecule has 0 aliphatic heterocycles. The Morgan fingerprint density at radius 2 is 0.470 bits per heavy atom. The van der Waals surface area contributed by atoms with Gasteiger partial charge in [-0.3, -0.25) is 14.4 Å². The van der Waals surface area contributed by atoms with Crippen molar-refractivity contribution in [3.05, 3.63) is 158 Å². The summed E-state index contributed by atoms with van der Waals surface area (Å²) in [5.74, 6) is -0.946. The fourth-order valence-corrected chi connectivity index (χ4v) is 8.97. The highest BCUT2D eigenvalue weighted by atomic mass is 16.6. The van der Waals surface area contributed by atoms with Crippen LogP contribution < -0.4 is 0 Å². The predicted octanol–water partition coefficient (Wildman–Crippen LogP) is 23.7. The summed E-state index contributed by atoms with van der Waals surface area (Å²) in [6.07, 6.45) is 101. The summed E-state index contributed by atoms with van der Waals surface area (Å²) in [7, 11) is 0. The molecule has 0 aromatic heterocycles. The Labute approximate surface area is 511 Å². The molecule has 6 nitrogen and oxygen atoms in total. The van der Waals surface area contributed by atoms with Gasteiger partial charge in [-0.15, -0.1) is 0 Å². The SMILES string of the molecule is CC/C=C\C/C=C\C/C=C\C/C=C\C/C=C\C/C=C\CCCCCCC(=O)OCC(COC(=O)CCCCCCCC/C=C\C/C=C\C/C=C\CCCCCCC)OC(=O)CCCCCCCCCC/C=C\C/C=C\C/C=C\C/C=C\CC. The van der Waals surface area contributed by atoms with Crippen LogP contribution in [0.15, 0.2) is 158 Å². The summed E-state index contributed by atoms with van der Waals surface area (Å²) < 4.78 is 16.9. The quantitative estimate of drug-likeness (QED) is 0.0261. The number of hydrogen-bond acceptors (Lipinski definition) is 6. The van der Waals surface area contributed by atoms with E-state index in [1.807, 2.05) is 0 Å². The largest absolute Gasteiger partial charge is 0.462 e. The van der Waals surface area contributed by atoms with Gasteiger partial charge in [0.15, 0.2) is 6.10 Å². The lowest BCUT2D eigenvalue weighted by Gasteiger charge is -2.18. The molecule has 0 saturated heterocycles. The number of hydrogen-bond donors (Lipinski definition) is 0. The van der Waals surface area contributed by atoms with Gasteiger partial charge >= 0.3 is 17.9 Å². The molecule has 0 N–H and O–H groups in total. The maximum atomic E-state index is 13.0. The summed E-state index contributed by atoms with van der Waals surface area (Å²) in [6.45, 7) is 6.37. The summed E-state index contributed by atoms with van der Waals surface area (Å²) in [6, 6.07) is 0. The van der Waals surface area contributed by atoms with E-state index in [9.17, 15) is 14.4 Å². The van der Waals surface area contributed by atoms with Crippen LogP contribution in [0.1, 0.15) is 290 Å². The molecular formula is C77H124O6. The average Bonchev–Trinajstić information content (AvgIpc) is 3.49. The fraction of sp³-hybridized carbons (Fsp3) is 0.623. The molecule has 0 fully saturated rings. The smallest absolute Gasteiger partial charge is 0.306 e. The van der Waals surface area contributed by atoms with Gasteiger partial charge in [0, 0.05) is 19.3 Å². The molecule has 0 aromatic carbocycles. The average molecular weight is 1150 g/mol. The Morgan fingerprint density at radius 1 is 0.253 bits per heavy atom. The Balaban J connectivity index is 4.52. The summed E-state index contributed by atoms with van der Waals surface area (Å²) in [5, 5.41) is 0. The normalized spacial score (nSPS) is 13.1. The molecule has 0 aliphatic rings. The summed E-state index contributed by atoms with van der Waals surface area (Å²) in [4.78, 5) is 38.5. The van der Waals surface area contributed by atoms with E-state index in [-0.39, 0.29) is 31.1 Å². The van der Waals surface area contributed by atoms with Gasteiger partial charge in [0.25, 0.3) is 0 Å². The third kappa shape index (κ3) is 67.7. The molecule has 83 heavy (non-hydrogen) atoms. The van der Waals surface area contributed by atoms with Crippen molar-refractivity contribution in [2.45, 2.75) is 297 Å². The number of allylic oxidation sites excluding steroid dienone is 26. The van der Waals surface area contributed by atoms with Crippen LogP contribution in [0.5, 0.6) is 0 Å². The van der Waals surface area contributed by atoms with Crippen molar-refractivity contribution < 1.29 is 28.6 Å². The molecule has 0 rings (SSSR count). The van der Waals surface area contributed by atoms with Crippen molar-refractivity contribution in [2.24, 2.45) is 0 Å². The maximum Gasteiger partial charge on any atom is 0.306 e. The molecule has 0 radical (unpaired) electrons. The topological polar surface area (TPSA) is 78.9 Å². The highest BCUT2D eigenvalue weighted by molar-refractivity contribution is 5.71. The number of ether oxygens (including phenoxy) is 3. The van der Waals surface area contributed by atoms with Crippen molar-refractivity contribution >= 4 is 17.9 Å². The molecule has 0 saturated carbocycles. The third-order valence-electron chi connectivity index (χ3n) is 14.0. The van der Waals surface area contributed by atoms with E-state index in [0.29, 0.717) is 19.3 Å². The summed E-state index contributed by atoms with van der Waals surface area (Å²) >= 11 is 0. The predicted molar refractivity (Wildman–Crippen MR) is 362 cm³/mol. The van der Waals surface area contributed by atoms with Gasteiger partial charge in [-0.05, 0) is 148 Å². The molecular weight excluding hydrogens is 1020 g/mol. The first-order chi connectivity index (χ1) is 41.0. The van der Waals surface area contributed by atoms with Crippen molar-refractivity contribution in [3.63, 3.8) is 0 Å². The van der Waals surface area contributed by atoms with Crippen molar-refractivity contribution in [1.29, 1.82) is 0 Å². The number of esters is 3. The number of rotatable bonds is 60. The van der Waals surface area contributed by atoms with Crippen molar-refractivity contribution in [3.8, 4) is 0 Å². The number of unbranched alkanes of at least 4 members (excludes halogenated alkanes) is 23. The van der Waals surface area contributed by atoms with Crippen LogP contribution in [0, 0.1) is 0 Å². The second kappa shape index (κ2) is 69.5. The van der Waals surface area contributed by atoms with Gasteiger partial charge < -0.3 is 14.2 Å². The Morgan fingerprint density at radius 3 is 0.735 bits per heavy atom. The van der Waals surface area contributed by atoms with Crippen molar-refractivity contribution in [2.75, 3.05) is 13.2 Å². The van der Waals surface area contributed by atoms with Crippen LogP contribution in [0.3, 0.4) is 0 Å². The second-order valence-corrected chi connectivity index (χ2v) is 22.0. The van der Waals surface area contributed by atoms with E-state index in [1.165, 1.54) is 83.5 Å². The maximum absolute atomic E-state index is 13.0. The molecule has 0 spiro atoms. The molecule has 0 aromatic rings. The minimum atomic E-state index is -0.810. The Bertz CT molecular complexity index is 1840. The molecule has 0 heterocycles. The first-order valence-electron chi connectivity index (χ1n) is 34.0. The van der Waals surface area contributed by atoms with Gasteiger partial charge in [-0.1, -0.05) is 281 Å². The van der Waals surface area contributed by atoms with Crippen LogP contribution in [0.2, 0.25) is 0 Å². The number of carbonyl (C=O) groups is 3. The monoisotopic (exact) mass is 1140 g/mol. The molecule has 468 valence electrons. The van der Waals surface area contributed by atoms with Gasteiger partial charge in [-0.25, -0.2) is 0 Å². The fourth-order valence-electron chi connectivity index (χ4n) is 8.97. The molecule has 6 heteroatoms. The van der Waals surface area contributed by atoms with Crippen LogP contribution in [-0.2, 0) is 28.6 Å². The van der Waals surface area contributed by atoms with E-state index < -0.39 is 6.10 Å². The Hall–Kier alpha value is -4.97. The van der Waals surface area contributed by atoms with E-state index in [0.717, 1.165) is 167 Å². The van der Waals surface area contributed by atoms with Gasteiger partial charge in [-0.2, -0.15) is 0 Å². The highest BCUT2D eigenvalue weighted by Crippen LogP contribution is 2.15. The minimum Gasteiger partial charge on any atom is -0.462 e. The molecule has 0 aliphatic carbocycles. The zero-order chi connectivity index (χ0) is 59.9. The van der Waals surface area contributed by atoms with E-state index in [1.54, 1.807) is 0 Å². The summed E-state index contributed by atoms with van der Waals surface area (Å²) in [5.41, 5.74) is 0. The van der Waals surface area contributed by atoms with Crippen LogP contribution in [0.25, 0.3) is 0 Å². The van der Waals surface area contributed by atoms with Gasteiger partial charge in [0.05, 0.1) is 0 Å². The van der Waals surface area contributed by atoms with Gasteiger partial charge in [0.2, 0.25) is 0 Å². The molecule has 1 unspecified atom stereocenters. The van der Waals surface area contributed by atoms with E-state index in [2.05, 4.69) is 179 Å². The number of carbonyl (C=O) groups excluding carboxylic acids is 3. The zero-order valence-corrected chi connectivity index (χ0v) is 53.7. The van der Waals surface area contributed by atoms with Crippen LogP contribution in [-0.4, -0.2) is 37.2 Å². The lowest BCUT2D eigenvalue weighted by Crippen LogP contribution is -2.30. The first kappa shape index (κ1) is 78.0. The highest BCUT2D eigenvalue weighted by Gasteiger charge is 2.19. The molecule has 0 amide bonds. The Kier molecular flexibility index (Phi) is 65.4. The lowest BCUT2D eigenvalue weighted by molar-refractivity contribution is -0.167. The van der Waals surface area contributed by atoms with Crippen molar-refractivity contribution in [1.82, 2.24) is 0 Å². The zero-order valence-electron chi connectivity index (χ0n) is 53.7. The molecule has 1 atom stereocenters. The van der Waals surface area contributed by atoms with Gasteiger partial charge in [0.1, 0.15) is 13.2 Å². The van der Waals surface area contributed by atoms with Crippen LogP contribution in [0.4, 0.5) is 0 Å². The third-order valence-corrected chi connectivity index (χ3v) is 14.0. The second-order valence-electron chi connectivity index (χ2n) is 22.0. The standard InChI is InChI=1S/C77H124O6/c1-4-7-10-13-16-19-22-25-28-31-34-37-38-41-43-46-49-52-55-58-61-64-67-70-76(79)82-73-74(83-77(80)71-68-65-62-59-56-53-50-47-44-40-36-33-30-27-24-21-18-15-12-9-6-3)72-81-75(78)69-66-63-60-57-54-51-48-45-42-39-35-32-29-26-23-20-17-14-11-8-5-2/h7,9-10,12,16,18-19,21,23,25-28,30,32,34-37,40-43,45,49,52,74H,4-6,8,11,13-15,17,20,22,24,29,31,33,38-39,44,46-48,50-51,53-73H2,1-3H3/b10-7-,12-9-,19-16-,21-18-,26-23-,28-25-,30-27-,35-32-,37-34-,40-36-,43-41-,45-42-,52-49-. The lowest BCUT2D eigenvalue weighted by atomic mass is 10.1.